The van der Waals surface area contributed by atoms with Gasteiger partial charge in [-0.2, -0.15) is 0 Å². The van der Waals surface area contributed by atoms with Crippen molar-refractivity contribution >= 4 is 9.73 Å². The van der Waals surface area contributed by atoms with Crippen molar-refractivity contribution in [2.24, 2.45) is 0 Å². The molecule has 0 bridgehead atoms. The molecule has 0 aliphatic carbocycles. The van der Waals surface area contributed by atoms with Crippen molar-refractivity contribution in [3.05, 3.63) is 54.6 Å². The van der Waals surface area contributed by atoms with Gasteiger partial charge in [-0.25, -0.2) is 8.99 Å². The lowest BCUT2D eigenvalue weighted by molar-refractivity contribution is 0.404. The van der Waals surface area contributed by atoms with Crippen LogP contribution >= 0.6 is 0 Å². The molecule has 0 aliphatic heterocycles. The van der Waals surface area contributed by atoms with E-state index in [1.165, 1.54) is 7.11 Å². The summed E-state index contributed by atoms with van der Waals surface area (Å²) in [6.07, 6.45) is 0. The maximum atomic E-state index is 12.6. The minimum atomic E-state index is -3.01. The molecule has 2 aromatic carbocycles. The molecule has 1 N–H and O–H groups in total. The third-order valence-electron chi connectivity index (χ3n) is 2.45. The molecule has 0 unspecified atom stereocenters. The molecule has 2 rings (SSSR count). The molecule has 0 saturated carbocycles. The Morgan fingerprint density at radius 1 is 1.00 bits per heavy atom. The normalized spacial score (nSPS) is 13.9. The monoisotopic (exact) mass is 247 g/mol. The highest BCUT2D eigenvalue weighted by Gasteiger charge is 2.17. The highest BCUT2D eigenvalue weighted by molar-refractivity contribution is 7.92. The van der Waals surface area contributed by atoms with Crippen LogP contribution in [0.1, 0.15) is 0 Å². The van der Waals surface area contributed by atoms with E-state index in [2.05, 4.69) is 0 Å². The van der Waals surface area contributed by atoms with Crippen LogP contribution in [0, 0.1) is 4.78 Å². The van der Waals surface area contributed by atoms with Gasteiger partial charge < -0.3 is 4.74 Å². The molecule has 88 valence electrons. The molecule has 0 aliphatic rings. The van der Waals surface area contributed by atoms with Crippen molar-refractivity contribution in [2.75, 3.05) is 7.11 Å². The fourth-order valence-electron chi connectivity index (χ4n) is 1.60. The largest absolute Gasteiger partial charge is 0.495 e. The zero-order valence-corrected chi connectivity index (χ0v) is 10.2. The minimum Gasteiger partial charge on any atom is -0.495 e. The van der Waals surface area contributed by atoms with Crippen molar-refractivity contribution < 1.29 is 8.95 Å². The van der Waals surface area contributed by atoms with Gasteiger partial charge in [0, 0.05) is 0 Å². The topological polar surface area (TPSA) is 50.1 Å². The molecular weight excluding hydrogens is 234 g/mol. The fraction of sp³-hybridized carbons (Fsp3) is 0.0769. The van der Waals surface area contributed by atoms with E-state index in [0.29, 0.717) is 15.5 Å². The third-order valence-corrected chi connectivity index (χ3v) is 4.35. The molecule has 0 heterocycles. The average Bonchev–Trinajstić information content (AvgIpc) is 2.39. The fourth-order valence-corrected chi connectivity index (χ4v) is 3.09. The van der Waals surface area contributed by atoms with Gasteiger partial charge in [-0.3, -0.25) is 0 Å². The van der Waals surface area contributed by atoms with Crippen molar-refractivity contribution in [2.45, 2.75) is 9.79 Å². The molecular formula is C13H13NO2S. The lowest BCUT2D eigenvalue weighted by Gasteiger charge is -2.11. The quantitative estimate of drug-likeness (QED) is 0.905. The number of rotatable bonds is 3. The van der Waals surface area contributed by atoms with Crippen molar-refractivity contribution in [1.29, 1.82) is 4.78 Å². The van der Waals surface area contributed by atoms with Crippen LogP contribution in [-0.2, 0) is 9.73 Å². The van der Waals surface area contributed by atoms with Crippen LogP contribution in [0.4, 0.5) is 0 Å². The van der Waals surface area contributed by atoms with E-state index in [9.17, 15) is 4.21 Å². The second-order valence-corrected chi connectivity index (χ2v) is 5.54. The van der Waals surface area contributed by atoms with Crippen molar-refractivity contribution in [3.8, 4) is 5.75 Å². The van der Waals surface area contributed by atoms with Gasteiger partial charge in [-0.05, 0) is 24.3 Å². The van der Waals surface area contributed by atoms with Crippen LogP contribution in [0.15, 0.2) is 64.4 Å². The summed E-state index contributed by atoms with van der Waals surface area (Å²) in [5, 5.41) is 0. The van der Waals surface area contributed by atoms with Crippen LogP contribution in [0.2, 0.25) is 0 Å². The summed E-state index contributed by atoms with van der Waals surface area (Å²) >= 11 is 0. The molecule has 3 nitrogen and oxygen atoms in total. The second-order valence-electron chi connectivity index (χ2n) is 3.52. The number of hydrogen-bond donors (Lipinski definition) is 1. The Bertz CT molecular complexity index is 606. The zero-order chi connectivity index (χ0) is 12.3. The van der Waals surface area contributed by atoms with E-state index < -0.39 is 9.73 Å². The Kier molecular flexibility index (Phi) is 3.15. The Labute approximate surface area is 101 Å². The van der Waals surface area contributed by atoms with Gasteiger partial charge in [0.2, 0.25) is 0 Å². The third kappa shape index (κ3) is 2.17. The van der Waals surface area contributed by atoms with Crippen molar-refractivity contribution in [3.63, 3.8) is 0 Å². The summed E-state index contributed by atoms with van der Waals surface area (Å²) in [5.74, 6) is 0.483. The van der Waals surface area contributed by atoms with E-state index in [1.54, 1.807) is 48.5 Å². The van der Waals surface area contributed by atoms with Crippen LogP contribution in [-0.4, -0.2) is 11.3 Å². The van der Waals surface area contributed by atoms with Gasteiger partial charge in [-0.1, -0.05) is 30.3 Å². The average molecular weight is 247 g/mol. The molecule has 0 amide bonds. The van der Waals surface area contributed by atoms with E-state index >= 15 is 0 Å². The van der Waals surface area contributed by atoms with Crippen LogP contribution < -0.4 is 4.74 Å². The summed E-state index contributed by atoms with van der Waals surface area (Å²) in [4.78, 5) is 0.901. The van der Waals surface area contributed by atoms with E-state index in [1.807, 2.05) is 6.07 Å². The maximum absolute atomic E-state index is 12.6. The molecule has 4 heteroatoms. The Morgan fingerprint density at radius 2 is 1.59 bits per heavy atom. The summed E-state index contributed by atoms with van der Waals surface area (Å²) in [5.41, 5.74) is 0. The van der Waals surface area contributed by atoms with E-state index in [0.717, 1.165) is 0 Å². The highest BCUT2D eigenvalue weighted by Crippen LogP contribution is 2.29. The standard InChI is InChI=1S/C13H13NO2S/c1-16-12-9-5-6-10-13(12)17(14,15)11-7-3-2-4-8-11/h2-10,14H,1H3/t17-/m1/s1. The number of methoxy groups -OCH3 is 1. The SMILES string of the molecule is COc1ccccc1[S@](=N)(=O)c1ccccc1. The summed E-state index contributed by atoms with van der Waals surface area (Å²) in [6, 6.07) is 15.7. The van der Waals surface area contributed by atoms with Gasteiger partial charge >= 0.3 is 0 Å². The first-order valence-electron chi connectivity index (χ1n) is 5.13. The van der Waals surface area contributed by atoms with Crippen molar-refractivity contribution in [1.82, 2.24) is 0 Å². The predicted octanol–water partition coefficient (Wildman–Crippen LogP) is 3.16. The van der Waals surface area contributed by atoms with Gasteiger partial charge in [0.1, 0.15) is 15.5 Å². The van der Waals surface area contributed by atoms with E-state index in [-0.39, 0.29) is 0 Å². The predicted molar refractivity (Wildman–Crippen MR) is 66.8 cm³/mol. The Hall–Kier alpha value is -1.81. The maximum Gasteiger partial charge on any atom is 0.136 e. The molecule has 0 fully saturated rings. The first-order chi connectivity index (χ1) is 8.16. The van der Waals surface area contributed by atoms with Crippen LogP contribution in [0.3, 0.4) is 0 Å². The highest BCUT2D eigenvalue weighted by atomic mass is 32.2. The number of para-hydroxylation sites is 1. The van der Waals surface area contributed by atoms with Crippen LogP contribution in [0.25, 0.3) is 0 Å². The Morgan fingerprint density at radius 3 is 2.24 bits per heavy atom. The summed E-state index contributed by atoms with van der Waals surface area (Å²) in [6.45, 7) is 0. The minimum absolute atomic E-state index is 0.411. The van der Waals surface area contributed by atoms with Gasteiger partial charge in [0.05, 0.1) is 16.9 Å². The molecule has 0 spiro atoms. The Balaban J connectivity index is 2.61. The summed E-state index contributed by atoms with van der Waals surface area (Å²) < 4.78 is 25.8. The smallest absolute Gasteiger partial charge is 0.136 e. The molecule has 2 aromatic rings. The number of nitrogens with one attached hydrogen (secondary N) is 1. The zero-order valence-electron chi connectivity index (χ0n) is 9.42. The molecule has 17 heavy (non-hydrogen) atoms. The molecule has 0 radical (unpaired) electrons. The van der Waals surface area contributed by atoms with E-state index in [4.69, 9.17) is 9.52 Å². The summed E-state index contributed by atoms with van der Waals surface area (Å²) in [7, 11) is -1.49. The number of ether oxygens (including phenoxy) is 1. The first-order valence-corrected chi connectivity index (χ1v) is 6.69. The molecule has 0 saturated heterocycles. The van der Waals surface area contributed by atoms with Gasteiger partial charge in [-0.15, -0.1) is 0 Å². The lowest BCUT2D eigenvalue weighted by atomic mass is 10.3. The lowest BCUT2D eigenvalue weighted by Crippen LogP contribution is -2.02. The van der Waals surface area contributed by atoms with Crippen LogP contribution in [0.5, 0.6) is 5.75 Å². The number of benzene rings is 2. The molecule has 1 atom stereocenters. The second kappa shape index (κ2) is 4.59. The molecule has 0 aromatic heterocycles. The van der Waals surface area contributed by atoms with Gasteiger partial charge in [0.25, 0.3) is 0 Å². The number of hydrogen-bond acceptors (Lipinski definition) is 3. The van der Waals surface area contributed by atoms with Gasteiger partial charge in [0.15, 0.2) is 0 Å². The first kappa shape index (κ1) is 11.7.